The molecule has 0 aliphatic carbocycles. The molecule has 2 aromatic heterocycles. The second-order valence-electron chi connectivity index (χ2n) is 3.78. The number of rotatable bonds is 2. The van der Waals surface area contributed by atoms with Crippen molar-refractivity contribution in [2.45, 2.75) is 25.0 Å². The maximum Gasteiger partial charge on any atom is 0.550 e. The minimum Gasteiger partial charge on any atom is -0.289 e. The molecule has 0 bridgehead atoms. The van der Waals surface area contributed by atoms with Crippen molar-refractivity contribution in [3.63, 3.8) is 0 Å². The van der Waals surface area contributed by atoms with Gasteiger partial charge in [0.15, 0.2) is 5.65 Å². The number of nitrogens with zero attached hydrogens (tertiary/aromatic N) is 3. The lowest BCUT2D eigenvalue weighted by Crippen LogP contribution is -2.23. The van der Waals surface area contributed by atoms with E-state index < -0.39 is 0 Å². The Hall–Kier alpha value is -1.40. The second kappa shape index (κ2) is 4.46. The van der Waals surface area contributed by atoms with Crippen molar-refractivity contribution in [3.8, 4) is 0 Å². The molecular formula is C10H9ClN3O2S+. The first kappa shape index (κ1) is 12.1. The molecule has 2 rings (SSSR count). The van der Waals surface area contributed by atoms with Gasteiger partial charge in [0.25, 0.3) is 5.56 Å². The maximum absolute atomic E-state index is 11.9. The number of hydrogen-bond donors (Lipinski definition) is 0. The fourth-order valence-corrected chi connectivity index (χ4v) is 2.02. The summed E-state index contributed by atoms with van der Waals surface area (Å²) in [4.78, 5) is 19.8. The smallest absolute Gasteiger partial charge is 0.289 e. The first-order chi connectivity index (χ1) is 8.04. The van der Waals surface area contributed by atoms with E-state index in [9.17, 15) is 9.00 Å². The van der Waals surface area contributed by atoms with Crippen LogP contribution in [0, 0.1) is 0 Å². The van der Waals surface area contributed by atoms with Crippen molar-refractivity contribution in [1.82, 2.24) is 14.5 Å². The van der Waals surface area contributed by atoms with Crippen LogP contribution < -0.4 is 5.56 Å². The Balaban J connectivity index is 2.94. The van der Waals surface area contributed by atoms with Crippen LogP contribution in [0.1, 0.15) is 19.9 Å². The van der Waals surface area contributed by atoms with Crippen LogP contribution in [0.4, 0.5) is 0 Å². The summed E-state index contributed by atoms with van der Waals surface area (Å²) in [6.07, 6.45) is 1.49. The van der Waals surface area contributed by atoms with Crippen molar-refractivity contribution < 1.29 is 4.21 Å². The summed E-state index contributed by atoms with van der Waals surface area (Å²) in [5, 5.41) is 0.854. The Morgan fingerprint density at radius 2 is 2.18 bits per heavy atom. The monoisotopic (exact) mass is 270 g/mol. The lowest BCUT2D eigenvalue weighted by molar-refractivity contribution is 0.588. The Morgan fingerprint density at radius 3 is 2.76 bits per heavy atom. The highest BCUT2D eigenvalue weighted by Gasteiger charge is 2.17. The summed E-state index contributed by atoms with van der Waals surface area (Å²) >= 11 is 6.05. The van der Waals surface area contributed by atoms with Gasteiger partial charge in [-0.05, 0) is 19.9 Å². The summed E-state index contributed by atoms with van der Waals surface area (Å²) in [6, 6.07) is 1.42. The molecule has 0 aliphatic rings. The minimum absolute atomic E-state index is 0.0913. The predicted octanol–water partition coefficient (Wildman–Crippen LogP) is 1.81. The molecule has 0 aliphatic heterocycles. The Morgan fingerprint density at radius 1 is 1.47 bits per heavy atom. The van der Waals surface area contributed by atoms with E-state index in [1.165, 1.54) is 16.8 Å². The average molecular weight is 271 g/mol. The van der Waals surface area contributed by atoms with Crippen LogP contribution in [-0.2, 0) is 15.9 Å². The average Bonchev–Trinajstić information content (AvgIpc) is 2.29. The van der Waals surface area contributed by atoms with Gasteiger partial charge in [0, 0.05) is 21.8 Å². The first-order valence-electron chi connectivity index (χ1n) is 4.92. The zero-order chi connectivity index (χ0) is 12.6. The van der Waals surface area contributed by atoms with Gasteiger partial charge in [0.05, 0.1) is 0 Å². The first-order valence-corrected chi connectivity index (χ1v) is 6.04. The molecule has 0 unspecified atom stereocenters. The highest BCUT2D eigenvalue weighted by molar-refractivity contribution is 7.65. The highest BCUT2D eigenvalue weighted by Crippen LogP contribution is 2.17. The molecule has 0 saturated carbocycles. The third-order valence-electron chi connectivity index (χ3n) is 2.30. The van der Waals surface area contributed by atoms with E-state index in [0.29, 0.717) is 11.0 Å². The zero-order valence-electron chi connectivity index (χ0n) is 9.18. The molecule has 2 heterocycles. The summed E-state index contributed by atoms with van der Waals surface area (Å²) in [5.74, 6) is 0. The van der Waals surface area contributed by atoms with Crippen molar-refractivity contribution in [2.75, 3.05) is 0 Å². The number of pyridine rings is 1. The topological polar surface area (TPSA) is 64.8 Å². The zero-order valence-corrected chi connectivity index (χ0v) is 10.7. The van der Waals surface area contributed by atoms with Gasteiger partial charge in [-0.15, -0.1) is 0 Å². The van der Waals surface area contributed by atoms with Crippen LogP contribution >= 0.6 is 11.6 Å². The van der Waals surface area contributed by atoms with E-state index in [-0.39, 0.29) is 33.4 Å². The molecule has 5 nitrogen and oxygen atoms in total. The van der Waals surface area contributed by atoms with Crippen LogP contribution in [0.25, 0.3) is 11.0 Å². The van der Waals surface area contributed by atoms with Crippen LogP contribution in [0.2, 0.25) is 5.02 Å². The Bertz CT molecular complexity index is 654. The predicted molar refractivity (Wildman–Crippen MR) is 65.5 cm³/mol. The van der Waals surface area contributed by atoms with E-state index >= 15 is 0 Å². The molecule has 0 aromatic carbocycles. The maximum atomic E-state index is 11.9. The van der Waals surface area contributed by atoms with Gasteiger partial charge in [-0.2, -0.15) is 9.97 Å². The van der Waals surface area contributed by atoms with E-state index in [1.54, 1.807) is 0 Å². The standard InChI is InChI=1S/C10H9ClN3O2S/c1-5(2)14-8-6(3-7(11)9(14)15)4-12-10(13-8)17-16/h3-5H,1-2H3/q+1. The van der Waals surface area contributed by atoms with Gasteiger partial charge in [0.2, 0.25) is 0 Å². The summed E-state index contributed by atoms with van der Waals surface area (Å²) in [5.41, 5.74) is 0.123. The SMILES string of the molecule is CC(C)n1c(=O)c(Cl)cc2cnc([S+]=O)nc21. The fourth-order valence-electron chi connectivity index (χ4n) is 1.59. The third kappa shape index (κ3) is 2.05. The number of hydrogen-bond acceptors (Lipinski definition) is 4. The van der Waals surface area contributed by atoms with Gasteiger partial charge in [-0.3, -0.25) is 9.36 Å². The van der Waals surface area contributed by atoms with Gasteiger partial charge in [-0.1, -0.05) is 11.6 Å². The quantitative estimate of drug-likeness (QED) is 0.617. The largest absolute Gasteiger partial charge is 0.550 e. The molecule has 0 saturated heterocycles. The van der Waals surface area contributed by atoms with Crippen LogP contribution in [0.15, 0.2) is 22.2 Å². The van der Waals surface area contributed by atoms with Crippen molar-refractivity contribution in [2.24, 2.45) is 0 Å². The molecule has 2 aromatic rings. The van der Waals surface area contributed by atoms with Crippen molar-refractivity contribution in [3.05, 3.63) is 27.6 Å². The fraction of sp³-hybridized carbons (Fsp3) is 0.300. The molecule has 17 heavy (non-hydrogen) atoms. The van der Waals surface area contributed by atoms with Crippen molar-refractivity contribution >= 4 is 34.3 Å². The summed E-state index contributed by atoms with van der Waals surface area (Å²) in [7, 11) is 0. The molecule has 0 N–H and O–H groups in total. The molecule has 0 amide bonds. The van der Waals surface area contributed by atoms with Gasteiger partial charge in [0.1, 0.15) is 5.02 Å². The van der Waals surface area contributed by atoms with Gasteiger partial charge in [-0.25, -0.2) is 0 Å². The lowest BCUT2D eigenvalue weighted by atomic mass is 10.3. The molecule has 0 atom stereocenters. The molecule has 0 spiro atoms. The summed E-state index contributed by atoms with van der Waals surface area (Å²) in [6.45, 7) is 3.70. The van der Waals surface area contributed by atoms with E-state index in [4.69, 9.17) is 11.6 Å². The normalized spacial score (nSPS) is 11.1. The van der Waals surface area contributed by atoms with Crippen LogP contribution in [-0.4, -0.2) is 14.5 Å². The minimum atomic E-state index is -0.310. The van der Waals surface area contributed by atoms with Crippen LogP contribution in [0.5, 0.6) is 0 Å². The molecule has 0 fully saturated rings. The molecule has 7 heteroatoms. The number of aromatic nitrogens is 3. The number of fused-ring (bicyclic) bond motifs is 1. The van der Waals surface area contributed by atoms with Crippen molar-refractivity contribution in [1.29, 1.82) is 0 Å². The molecule has 88 valence electrons. The van der Waals surface area contributed by atoms with E-state index in [0.717, 1.165) is 0 Å². The highest BCUT2D eigenvalue weighted by atomic mass is 35.5. The second-order valence-corrected chi connectivity index (χ2v) is 4.72. The molecule has 0 radical (unpaired) electrons. The summed E-state index contributed by atoms with van der Waals surface area (Å²) < 4.78 is 12.1. The molecular weight excluding hydrogens is 262 g/mol. The van der Waals surface area contributed by atoms with Gasteiger partial charge < -0.3 is 0 Å². The number of halogens is 1. The third-order valence-corrected chi connectivity index (χ3v) is 2.91. The van der Waals surface area contributed by atoms with Crippen LogP contribution in [0.3, 0.4) is 0 Å². The van der Waals surface area contributed by atoms with E-state index in [1.807, 2.05) is 13.8 Å². The Kier molecular flexibility index (Phi) is 3.17. The Labute approximate surface area is 106 Å². The lowest BCUT2D eigenvalue weighted by Gasteiger charge is -2.12. The van der Waals surface area contributed by atoms with E-state index in [2.05, 4.69) is 9.97 Å². The van der Waals surface area contributed by atoms with Gasteiger partial charge >= 0.3 is 16.8 Å².